The summed E-state index contributed by atoms with van der Waals surface area (Å²) in [5, 5.41) is 6.92. The molecule has 0 aliphatic carbocycles. The number of nitrogens with zero attached hydrogens (tertiary/aromatic N) is 4. The van der Waals surface area contributed by atoms with Crippen molar-refractivity contribution in [2.24, 2.45) is 0 Å². The molecule has 36 heavy (non-hydrogen) atoms. The van der Waals surface area contributed by atoms with E-state index in [1.165, 1.54) is 23.9 Å². The van der Waals surface area contributed by atoms with E-state index in [9.17, 15) is 13.2 Å². The number of nitrogens with one attached hydrogen (secondary N) is 1. The van der Waals surface area contributed by atoms with Gasteiger partial charge in [-0.1, -0.05) is 33.5 Å². The fraction of sp³-hybridized carbons (Fsp3) is 0.435. The Balaban J connectivity index is 0.00000456. The Bertz CT molecular complexity index is 1210. The van der Waals surface area contributed by atoms with Gasteiger partial charge in [-0.2, -0.15) is 4.98 Å². The number of halogens is 1. The summed E-state index contributed by atoms with van der Waals surface area (Å²) in [7, 11) is 0.209. The first kappa shape index (κ1) is 30.6. The van der Waals surface area contributed by atoms with Crippen LogP contribution in [0.3, 0.4) is 0 Å². The zero-order valence-corrected chi connectivity index (χ0v) is 25.6. The van der Waals surface area contributed by atoms with E-state index in [1.807, 2.05) is 13.8 Å². The fourth-order valence-corrected chi connectivity index (χ4v) is 4.44. The zero-order valence-electron chi connectivity index (χ0n) is 21.8. The average molecular weight is 544 g/mol. The van der Waals surface area contributed by atoms with Crippen LogP contribution >= 0.6 is 0 Å². The van der Waals surface area contributed by atoms with Gasteiger partial charge in [-0.3, -0.25) is 4.21 Å². The van der Waals surface area contributed by atoms with Crippen molar-refractivity contribution in [2.75, 3.05) is 19.0 Å². The molecule has 2 aromatic heterocycles. The molecule has 1 aromatic carbocycles. The Morgan fingerprint density at radius 3 is 2.58 bits per heavy atom. The van der Waals surface area contributed by atoms with Crippen molar-refractivity contribution in [3.8, 4) is 17.0 Å². The van der Waals surface area contributed by atoms with Crippen LogP contribution in [0.5, 0.6) is 5.88 Å². The fourth-order valence-electron chi connectivity index (χ4n) is 3.35. The molecule has 0 saturated heterocycles. The van der Waals surface area contributed by atoms with Gasteiger partial charge in [0.1, 0.15) is 12.5 Å². The molecule has 0 aliphatic heterocycles. The third-order valence-corrected chi connectivity index (χ3v) is 7.43. The maximum atomic E-state index is 14.7. The second-order valence-corrected chi connectivity index (χ2v) is 16.0. The number of ether oxygens (including phenoxy) is 2. The van der Waals surface area contributed by atoms with Gasteiger partial charge < -0.3 is 19.3 Å². The largest absolute Gasteiger partial charge is 1.00 e. The summed E-state index contributed by atoms with van der Waals surface area (Å²) in [5.41, 5.74) is 2.49. The Hall–Kier alpha value is -1.67. The van der Waals surface area contributed by atoms with Crippen molar-refractivity contribution in [1.82, 2.24) is 19.7 Å². The molecule has 0 fully saturated rings. The van der Waals surface area contributed by atoms with Gasteiger partial charge in [0, 0.05) is 43.6 Å². The van der Waals surface area contributed by atoms with Crippen molar-refractivity contribution < 1.29 is 52.2 Å². The van der Waals surface area contributed by atoms with E-state index >= 15 is 0 Å². The molecule has 1 atom stereocenters. The number of aromatic nitrogens is 4. The Morgan fingerprint density at radius 1 is 1.25 bits per heavy atom. The maximum Gasteiger partial charge on any atom is 1.00 e. The van der Waals surface area contributed by atoms with Crippen molar-refractivity contribution in [1.29, 1.82) is 0 Å². The number of rotatable bonds is 11. The Labute approximate surface area is 236 Å². The molecular formula is C23H31FN5NaO4SSi. The third-order valence-electron chi connectivity index (χ3n) is 5.26. The minimum Gasteiger partial charge on any atom is -0.766 e. The van der Waals surface area contributed by atoms with Gasteiger partial charge in [0.2, 0.25) is 17.0 Å². The van der Waals surface area contributed by atoms with Crippen LogP contribution in [0.1, 0.15) is 25.3 Å². The topological polar surface area (TPSA) is 114 Å². The predicted molar refractivity (Wildman–Crippen MR) is 135 cm³/mol. The van der Waals surface area contributed by atoms with Crippen molar-refractivity contribution in [3.05, 3.63) is 41.8 Å². The van der Waals surface area contributed by atoms with Crippen molar-refractivity contribution in [2.45, 2.75) is 57.3 Å². The zero-order chi connectivity index (χ0) is 25.8. The predicted octanol–water partition coefficient (Wildman–Crippen LogP) is 1.91. The number of benzene rings is 1. The molecule has 0 saturated carbocycles. The number of hydrogen-bond donors (Lipinski definition) is 1. The SMILES string of the molecule is COc1cc(-c2cc(F)cc(C(C)C)c2Nc2nc(S(=O)[O-])nn2COCC[Si](C)(C)C)ccn1.[Na+]. The molecule has 9 nitrogen and oxygen atoms in total. The van der Waals surface area contributed by atoms with Crippen LogP contribution in [-0.4, -0.2) is 50.3 Å². The van der Waals surface area contributed by atoms with Crippen LogP contribution in [-0.2, 0) is 22.5 Å². The first-order valence-electron chi connectivity index (χ1n) is 11.2. The average Bonchev–Trinajstić information content (AvgIpc) is 3.20. The number of pyridine rings is 1. The minimum absolute atomic E-state index is 0. The molecule has 0 bridgehead atoms. The first-order chi connectivity index (χ1) is 16.5. The molecule has 0 aliphatic rings. The van der Waals surface area contributed by atoms with E-state index in [0.29, 0.717) is 34.9 Å². The summed E-state index contributed by atoms with van der Waals surface area (Å²) in [6.45, 7) is 11.2. The van der Waals surface area contributed by atoms with Gasteiger partial charge in [0.15, 0.2) is 0 Å². The molecule has 0 spiro atoms. The summed E-state index contributed by atoms with van der Waals surface area (Å²) in [4.78, 5) is 8.28. The normalized spacial score (nSPS) is 12.4. The van der Waals surface area contributed by atoms with Gasteiger partial charge in [0.05, 0.1) is 12.8 Å². The van der Waals surface area contributed by atoms with Crippen LogP contribution in [0.2, 0.25) is 25.7 Å². The van der Waals surface area contributed by atoms with Gasteiger partial charge >= 0.3 is 29.6 Å². The molecule has 2 heterocycles. The smallest absolute Gasteiger partial charge is 0.766 e. The second-order valence-electron chi connectivity index (χ2n) is 9.58. The standard InChI is InChI=1S/C23H32FN5O4SSi.Na/c1-15(2)18-12-17(24)13-19(16-7-8-25-20(11-16)32-3)21(18)26-22-27-23(34(30)31)28-29(22)14-33-9-10-35(4,5)6;/h7-8,11-13,15H,9-10,14H2,1-6H3,(H,30,31)(H,26,27,28);/q;+1/p-1. The molecular weight excluding hydrogens is 512 g/mol. The van der Waals surface area contributed by atoms with Crippen LogP contribution in [0.25, 0.3) is 11.1 Å². The summed E-state index contributed by atoms with van der Waals surface area (Å²) in [6, 6.07) is 7.25. The molecule has 1 unspecified atom stereocenters. The molecule has 3 aromatic rings. The van der Waals surface area contributed by atoms with Gasteiger partial charge in [-0.25, -0.2) is 14.1 Å². The molecule has 3 rings (SSSR count). The summed E-state index contributed by atoms with van der Waals surface area (Å²) in [6.07, 6.45) is 1.57. The van der Waals surface area contributed by atoms with Gasteiger partial charge in [-0.15, -0.1) is 5.10 Å². The van der Waals surface area contributed by atoms with Crippen LogP contribution in [0.4, 0.5) is 16.0 Å². The molecule has 1 N–H and O–H groups in total. The van der Waals surface area contributed by atoms with Crippen LogP contribution in [0.15, 0.2) is 35.6 Å². The van der Waals surface area contributed by atoms with Crippen molar-refractivity contribution >= 4 is 30.8 Å². The van der Waals surface area contributed by atoms with Crippen LogP contribution in [0, 0.1) is 5.82 Å². The van der Waals surface area contributed by atoms with Crippen molar-refractivity contribution in [3.63, 3.8) is 0 Å². The quantitative estimate of drug-likeness (QED) is 0.222. The maximum absolute atomic E-state index is 14.7. The first-order valence-corrected chi connectivity index (χ1v) is 16.0. The second kappa shape index (κ2) is 13.2. The molecule has 0 radical (unpaired) electrons. The third kappa shape index (κ3) is 8.17. The molecule has 0 amide bonds. The number of hydrogen-bond acceptors (Lipinski definition) is 8. The Kier molecular flexibility index (Phi) is 11.2. The number of methoxy groups -OCH3 is 1. The summed E-state index contributed by atoms with van der Waals surface area (Å²) < 4.78 is 50.2. The van der Waals surface area contributed by atoms with Gasteiger partial charge in [0.25, 0.3) is 0 Å². The van der Waals surface area contributed by atoms with Crippen LogP contribution < -0.4 is 39.6 Å². The molecule has 190 valence electrons. The van der Waals surface area contributed by atoms with E-state index < -0.39 is 25.0 Å². The van der Waals surface area contributed by atoms with E-state index in [1.54, 1.807) is 18.3 Å². The minimum atomic E-state index is -2.63. The van der Waals surface area contributed by atoms with E-state index in [-0.39, 0.29) is 53.3 Å². The monoisotopic (exact) mass is 543 g/mol. The summed E-state index contributed by atoms with van der Waals surface area (Å²) in [5.74, 6) is 0.107. The molecule has 13 heteroatoms. The number of anilines is 2. The van der Waals surface area contributed by atoms with E-state index in [2.05, 4.69) is 40.0 Å². The Morgan fingerprint density at radius 2 is 1.97 bits per heavy atom. The van der Waals surface area contributed by atoms with Gasteiger partial charge in [-0.05, 0) is 41.3 Å². The van der Waals surface area contributed by atoms with E-state index in [0.717, 1.165) is 6.04 Å². The van der Waals surface area contributed by atoms with E-state index in [4.69, 9.17) is 9.47 Å². The summed E-state index contributed by atoms with van der Waals surface area (Å²) >= 11 is -2.63.